The van der Waals surface area contributed by atoms with Crippen LogP contribution in [0, 0.1) is 6.92 Å². The first kappa shape index (κ1) is 12.7. The lowest BCUT2D eigenvalue weighted by Gasteiger charge is -2.01. The predicted molar refractivity (Wildman–Crippen MR) is 76.6 cm³/mol. The Kier molecular flexibility index (Phi) is 3.15. The summed E-state index contributed by atoms with van der Waals surface area (Å²) >= 11 is 1.49. The molecule has 0 atom stereocenters. The van der Waals surface area contributed by atoms with Gasteiger partial charge in [-0.3, -0.25) is 9.78 Å². The Morgan fingerprint density at radius 2 is 2.05 bits per heavy atom. The highest BCUT2D eigenvalue weighted by atomic mass is 32.2. The largest absolute Gasteiger partial charge is 0.399 e. The first-order valence-electron chi connectivity index (χ1n) is 5.93. The fraction of sp³-hybridized carbons (Fsp3) is 0.167. The van der Waals surface area contributed by atoms with Crippen LogP contribution in [0.15, 0.2) is 34.2 Å². The van der Waals surface area contributed by atoms with Gasteiger partial charge in [-0.15, -0.1) is 10.2 Å². The number of aryl methyl sites for hydroxylation is 1. The van der Waals surface area contributed by atoms with E-state index >= 15 is 0 Å². The molecule has 102 valence electrons. The molecule has 0 bridgehead atoms. The summed E-state index contributed by atoms with van der Waals surface area (Å²) in [6.07, 6.45) is 0. The second-order valence-electron chi connectivity index (χ2n) is 4.29. The summed E-state index contributed by atoms with van der Waals surface area (Å²) < 4.78 is 1.54. The second-order valence-corrected chi connectivity index (χ2v) is 5.23. The lowest BCUT2D eigenvalue weighted by Crippen LogP contribution is -2.15. The van der Waals surface area contributed by atoms with Crippen molar-refractivity contribution in [2.45, 2.75) is 17.8 Å². The van der Waals surface area contributed by atoms with E-state index in [4.69, 9.17) is 5.73 Å². The SMILES string of the molecule is Cc1nn2c(SCc3ccc(N)cc3)nnc2[nH]c1=O. The van der Waals surface area contributed by atoms with E-state index in [1.54, 1.807) is 11.4 Å². The molecule has 0 saturated carbocycles. The molecule has 0 spiro atoms. The van der Waals surface area contributed by atoms with Gasteiger partial charge in [0.2, 0.25) is 5.16 Å². The van der Waals surface area contributed by atoms with Gasteiger partial charge in [-0.05, 0) is 24.6 Å². The molecule has 8 heteroatoms. The number of hydrogen-bond donors (Lipinski definition) is 2. The van der Waals surface area contributed by atoms with Gasteiger partial charge >= 0.3 is 0 Å². The Morgan fingerprint density at radius 1 is 1.30 bits per heavy atom. The molecule has 0 aliphatic heterocycles. The van der Waals surface area contributed by atoms with Crippen LogP contribution in [0.4, 0.5) is 5.69 Å². The van der Waals surface area contributed by atoms with Gasteiger partial charge in [0.15, 0.2) is 0 Å². The standard InChI is InChI=1S/C12H12N6OS/c1-7-10(19)14-11-15-16-12(18(11)17-7)20-6-8-2-4-9(13)5-3-8/h2-5H,6,13H2,1H3,(H,14,15,19). The molecule has 7 nitrogen and oxygen atoms in total. The van der Waals surface area contributed by atoms with Crippen molar-refractivity contribution >= 4 is 23.2 Å². The van der Waals surface area contributed by atoms with Crippen LogP contribution in [0.2, 0.25) is 0 Å². The van der Waals surface area contributed by atoms with Crippen LogP contribution in [0.5, 0.6) is 0 Å². The lowest BCUT2D eigenvalue weighted by atomic mass is 10.2. The Hall–Kier alpha value is -2.35. The zero-order valence-corrected chi connectivity index (χ0v) is 11.5. The second kappa shape index (κ2) is 4.97. The number of H-pyrrole nitrogens is 1. The number of fused-ring (bicyclic) bond motifs is 1. The molecule has 3 rings (SSSR count). The van der Waals surface area contributed by atoms with Crippen molar-refractivity contribution in [3.63, 3.8) is 0 Å². The third-order valence-electron chi connectivity index (χ3n) is 2.76. The summed E-state index contributed by atoms with van der Waals surface area (Å²) in [6.45, 7) is 1.65. The van der Waals surface area contributed by atoms with Crippen LogP contribution in [-0.2, 0) is 5.75 Å². The van der Waals surface area contributed by atoms with E-state index in [1.165, 1.54) is 11.8 Å². The van der Waals surface area contributed by atoms with Gasteiger partial charge in [0.25, 0.3) is 11.3 Å². The molecule has 0 amide bonds. The molecule has 0 saturated heterocycles. The van der Waals surface area contributed by atoms with E-state index in [0.717, 1.165) is 17.0 Å². The molecule has 3 aromatic rings. The Labute approximate surface area is 118 Å². The van der Waals surface area contributed by atoms with Crippen LogP contribution in [0.3, 0.4) is 0 Å². The van der Waals surface area contributed by atoms with E-state index in [9.17, 15) is 4.79 Å². The molecule has 2 heterocycles. The van der Waals surface area contributed by atoms with Crippen LogP contribution >= 0.6 is 11.8 Å². The third-order valence-corrected chi connectivity index (χ3v) is 3.75. The monoisotopic (exact) mass is 288 g/mol. The first-order chi connectivity index (χ1) is 9.63. The molecule has 0 aliphatic rings. The van der Waals surface area contributed by atoms with Crippen molar-refractivity contribution in [2.24, 2.45) is 0 Å². The minimum absolute atomic E-state index is 0.250. The molecular formula is C12H12N6OS. The quantitative estimate of drug-likeness (QED) is 0.550. The van der Waals surface area contributed by atoms with Crippen molar-refractivity contribution in [2.75, 3.05) is 5.73 Å². The van der Waals surface area contributed by atoms with Gasteiger partial charge in [-0.25, -0.2) is 0 Å². The molecule has 0 radical (unpaired) electrons. The summed E-state index contributed by atoms with van der Waals surface area (Å²) in [7, 11) is 0. The number of nitrogen functional groups attached to an aromatic ring is 1. The highest BCUT2D eigenvalue weighted by Gasteiger charge is 2.09. The summed E-state index contributed by atoms with van der Waals surface area (Å²) in [5.74, 6) is 1.07. The molecule has 3 N–H and O–H groups in total. The highest BCUT2D eigenvalue weighted by molar-refractivity contribution is 7.98. The fourth-order valence-corrected chi connectivity index (χ4v) is 2.51. The molecule has 20 heavy (non-hydrogen) atoms. The van der Waals surface area contributed by atoms with Crippen LogP contribution in [0.1, 0.15) is 11.3 Å². The molecular weight excluding hydrogens is 276 g/mol. The predicted octanol–water partition coefficient (Wildman–Crippen LogP) is 0.996. The van der Waals surface area contributed by atoms with Crippen molar-refractivity contribution < 1.29 is 0 Å². The van der Waals surface area contributed by atoms with E-state index in [1.807, 2.05) is 24.3 Å². The van der Waals surface area contributed by atoms with Crippen LogP contribution < -0.4 is 11.3 Å². The van der Waals surface area contributed by atoms with E-state index < -0.39 is 0 Å². The van der Waals surface area contributed by atoms with Crippen LogP contribution in [-0.4, -0.2) is 24.8 Å². The van der Waals surface area contributed by atoms with Crippen LogP contribution in [0.25, 0.3) is 5.78 Å². The number of hydrogen-bond acceptors (Lipinski definition) is 6. The molecule has 0 unspecified atom stereocenters. The van der Waals surface area contributed by atoms with Gasteiger partial charge in [0.05, 0.1) is 0 Å². The number of nitrogens with zero attached hydrogens (tertiary/aromatic N) is 4. The van der Waals surface area contributed by atoms with Gasteiger partial charge in [-0.2, -0.15) is 9.61 Å². The smallest absolute Gasteiger partial charge is 0.273 e. The van der Waals surface area contributed by atoms with E-state index in [0.29, 0.717) is 16.6 Å². The van der Waals surface area contributed by atoms with Crippen molar-refractivity contribution in [1.29, 1.82) is 0 Å². The summed E-state index contributed by atoms with van der Waals surface area (Å²) in [5.41, 5.74) is 7.64. The average molecular weight is 288 g/mol. The number of anilines is 1. The van der Waals surface area contributed by atoms with E-state index in [-0.39, 0.29) is 5.56 Å². The lowest BCUT2D eigenvalue weighted by molar-refractivity contribution is 0.769. The number of nitrogens with two attached hydrogens (primary N) is 1. The number of aromatic amines is 1. The van der Waals surface area contributed by atoms with Gasteiger partial charge in [-0.1, -0.05) is 23.9 Å². The minimum Gasteiger partial charge on any atom is -0.399 e. The highest BCUT2D eigenvalue weighted by Crippen LogP contribution is 2.20. The van der Waals surface area contributed by atoms with Crippen molar-refractivity contribution in [3.8, 4) is 0 Å². The minimum atomic E-state index is -0.250. The Morgan fingerprint density at radius 3 is 2.80 bits per heavy atom. The maximum absolute atomic E-state index is 11.4. The number of rotatable bonds is 3. The number of nitrogens with one attached hydrogen (secondary N) is 1. The van der Waals surface area contributed by atoms with Crippen molar-refractivity contribution in [3.05, 3.63) is 45.9 Å². The number of aromatic nitrogens is 5. The van der Waals surface area contributed by atoms with Gasteiger partial charge in [0.1, 0.15) is 5.69 Å². The zero-order valence-electron chi connectivity index (χ0n) is 10.7. The van der Waals surface area contributed by atoms with E-state index in [2.05, 4.69) is 20.3 Å². The average Bonchev–Trinajstić information content (AvgIpc) is 2.81. The summed E-state index contributed by atoms with van der Waals surface area (Å²) in [6, 6.07) is 7.65. The molecule has 0 fully saturated rings. The number of benzene rings is 1. The Bertz CT molecular complexity index is 807. The molecule has 1 aromatic carbocycles. The summed E-state index contributed by atoms with van der Waals surface area (Å²) in [4.78, 5) is 14.1. The normalized spacial score (nSPS) is 11.1. The Balaban J connectivity index is 1.86. The topological polar surface area (TPSA) is 102 Å². The fourth-order valence-electron chi connectivity index (χ4n) is 1.67. The molecule has 2 aromatic heterocycles. The number of thioether (sulfide) groups is 1. The van der Waals surface area contributed by atoms with Crippen molar-refractivity contribution in [1.82, 2.24) is 24.8 Å². The maximum Gasteiger partial charge on any atom is 0.273 e. The maximum atomic E-state index is 11.4. The zero-order chi connectivity index (χ0) is 14.1. The summed E-state index contributed by atoms with van der Waals surface area (Å²) in [5, 5.41) is 12.7. The van der Waals surface area contributed by atoms with Gasteiger partial charge in [0, 0.05) is 11.4 Å². The third kappa shape index (κ3) is 2.37. The van der Waals surface area contributed by atoms with Gasteiger partial charge < -0.3 is 5.73 Å². The first-order valence-corrected chi connectivity index (χ1v) is 6.91. The molecule has 0 aliphatic carbocycles.